The summed E-state index contributed by atoms with van der Waals surface area (Å²) in [4.78, 5) is 0. The Kier molecular flexibility index (Phi) is 5.65. The van der Waals surface area contributed by atoms with Gasteiger partial charge in [-0.3, -0.25) is 0 Å². The summed E-state index contributed by atoms with van der Waals surface area (Å²) in [5.41, 5.74) is 0. The topological polar surface area (TPSA) is 18.5 Å². The number of rotatable bonds is 6. The van der Waals surface area contributed by atoms with Crippen LogP contribution in [0.2, 0.25) is 0 Å². The molecule has 0 N–H and O–H groups in total. The summed E-state index contributed by atoms with van der Waals surface area (Å²) >= 11 is 3.25. The van der Waals surface area contributed by atoms with E-state index in [1.54, 1.807) is 12.1 Å². The SMILES string of the molecule is CCCOCCOc1cc(Br)ccc1F. The van der Waals surface area contributed by atoms with Crippen LogP contribution in [0.5, 0.6) is 5.75 Å². The van der Waals surface area contributed by atoms with Crippen LogP contribution >= 0.6 is 15.9 Å². The fraction of sp³-hybridized carbons (Fsp3) is 0.455. The lowest BCUT2D eigenvalue weighted by Gasteiger charge is -2.07. The molecule has 2 nitrogen and oxygen atoms in total. The molecule has 1 aromatic carbocycles. The van der Waals surface area contributed by atoms with Crippen molar-refractivity contribution in [2.75, 3.05) is 19.8 Å². The molecule has 1 aromatic rings. The molecule has 0 unspecified atom stereocenters. The summed E-state index contributed by atoms with van der Waals surface area (Å²) in [6, 6.07) is 4.61. The van der Waals surface area contributed by atoms with Gasteiger partial charge in [0.05, 0.1) is 6.61 Å². The molecule has 0 saturated heterocycles. The molecular weight excluding hydrogens is 263 g/mol. The third-order valence-corrected chi connectivity index (χ3v) is 2.22. The van der Waals surface area contributed by atoms with Gasteiger partial charge in [-0.15, -0.1) is 0 Å². The van der Waals surface area contributed by atoms with Gasteiger partial charge in [-0.2, -0.15) is 0 Å². The van der Waals surface area contributed by atoms with Crippen LogP contribution in [0.3, 0.4) is 0 Å². The van der Waals surface area contributed by atoms with E-state index in [1.165, 1.54) is 6.07 Å². The second-order valence-corrected chi connectivity index (χ2v) is 3.95. The maximum atomic E-state index is 13.2. The summed E-state index contributed by atoms with van der Waals surface area (Å²) in [5, 5.41) is 0. The number of ether oxygens (including phenoxy) is 2. The van der Waals surface area contributed by atoms with Crippen molar-refractivity contribution in [3.05, 3.63) is 28.5 Å². The van der Waals surface area contributed by atoms with Gasteiger partial charge >= 0.3 is 0 Å². The standard InChI is InChI=1S/C11H14BrFO2/c1-2-5-14-6-7-15-11-8-9(12)3-4-10(11)13/h3-4,8H,2,5-7H2,1H3. The van der Waals surface area contributed by atoms with E-state index in [1.807, 2.05) is 6.92 Å². The van der Waals surface area contributed by atoms with Crippen LogP contribution in [-0.2, 0) is 4.74 Å². The van der Waals surface area contributed by atoms with Gasteiger partial charge < -0.3 is 9.47 Å². The fourth-order valence-corrected chi connectivity index (χ4v) is 1.38. The van der Waals surface area contributed by atoms with E-state index in [2.05, 4.69) is 15.9 Å². The minimum absolute atomic E-state index is 0.254. The predicted molar refractivity (Wildman–Crippen MR) is 60.7 cm³/mol. The van der Waals surface area contributed by atoms with E-state index in [0.717, 1.165) is 10.9 Å². The van der Waals surface area contributed by atoms with Crippen molar-refractivity contribution in [2.24, 2.45) is 0 Å². The number of benzene rings is 1. The van der Waals surface area contributed by atoms with Crippen molar-refractivity contribution < 1.29 is 13.9 Å². The number of halogens is 2. The first kappa shape index (κ1) is 12.5. The molecule has 1 rings (SSSR count). The molecule has 15 heavy (non-hydrogen) atoms. The quantitative estimate of drug-likeness (QED) is 0.742. The van der Waals surface area contributed by atoms with Crippen molar-refractivity contribution in [3.63, 3.8) is 0 Å². The average molecular weight is 277 g/mol. The van der Waals surface area contributed by atoms with Crippen LogP contribution in [0.4, 0.5) is 4.39 Å². The fourth-order valence-electron chi connectivity index (χ4n) is 1.04. The third-order valence-electron chi connectivity index (χ3n) is 1.73. The van der Waals surface area contributed by atoms with Gasteiger partial charge in [-0.05, 0) is 24.6 Å². The predicted octanol–water partition coefficient (Wildman–Crippen LogP) is 3.39. The molecule has 0 aliphatic rings. The van der Waals surface area contributed by atoms with Crippen LogP contribution < -0.4 is 4.74 Å². The van der Waals surface area contributed by atoms with Crippen molar-refractivity contribution in [3.8, 4) is 5.75 Å². The zero-order valence-corrected chi connectivity index (χ0v) is 10.2. The van der Waals surface area contributed by atoms with Gasteiger partial charge in [0, 0.05) is 11.1 Å². The van der Waals surface area contributed by atoms with Crippen molar-refractivity contribution in [1.82, 2.24) is 0 Å². The Morgan fingerprint density at radius 1 is 1.27 bits per heavy atom. The van der Waals surface area contributed by atoms with Crippen LogP contribution in [0.15, 0.2) is 22.7 Å². The molecule has 0 aliphatic carbocycles. The first-order valence-electron chi connectivity index (χ1n) is 4.89. The summed E-state index contributed by atoms with van der Waals surface area (Å²) in [5.74, 6) is -0.0989. The van der Waals surface area contributed by atoms with Gasteiger partial charge in [-0.1, -0.05) is 22.9 Å². The minimum Gasteiger partial charge on any atom is -0.488 e. The Hall–Kier alpha value is -0.610. The van der Waals surface area contributed by atoms with Gasteiger partial charge in [0.25, 0.3) is 0 Å². The summed E-state index contributed by atoms with van der Waals surface area (Å²) in [6.07, 6.45) is 0.977. The highest BCUT2D eigenvalue weighted by Crippen LogP contribution is 2.21. The van der Waals surface area contributed by atoms with Crippen molar-refractivity contribution >= 4 is 15.9 Å². The molecule has 0 aromatic heterocycles. The molecule has 0 fully saturated rings. The van der Waals surface area contributed by atoms with Gasteiger partial charge in [0.1, 0.15) is 6.61 Å². The second-order valence-electron chi connectivity index (χ2n) is 3.04. The lowest BCUT2D eigenvalue weighted by atomic mass is 10.3. The number of hydrogen-bond donors (Lipinski definition) is 0. The normalized spacial score (nSPS) is 10.3. The molecule has 4 heteroatoms. The third kappa shape index (κ3) is 4.62. The molecule has 0 heterocycles. The van der Waals surface area contributed by atoms with E-state index in [4.69, 9.17) is 9.47 Å². The molecule has 0 amide bonds. The van der Waals surface area contributed by atoms with E-state index < -0.39 is 0 Å². The Morgan fingerprint density at radius 2 is 2.07 bits per heavy atom. The first-order valence-corrected chi connectivity index (χ1v) is 5.69. The van der Waals surface area contributed by atoms with Crippen LogP contribution in [0.25, 0.3) is 0 Å². The summed E-state index contributed by atoms with van der Waals surface area (Å²) in [6.45, 7) is 3.60. The lowest BCUT2D eigenvalue weighted by Crippen LogP contribution is -2.07. The van der Waals surface area contributed by atoms with E-state index in [9.17, 15) is 4.39 Å². The van der Waals surface area contributed by atoms with Gasteiger partial charge in [-0.25, -0.2) is 4.39 Å². The monoisotopic (exact) mass is 276 g/mol. The highest BCUT2D eigenvalue weighted by molar-refractivity contribution is 9.10. The Morgan fingerprint density at radius 3 is 2.80 bits per heavy atom. The Balaban J connectivity index is 2.33. The smallest absolute Gasteiger partial charge is 0.165 e. The molecule has 0 saturated carbocycles. The van der Waals surface area contributed by atoms with E-state index >= 15 is 0 Å². The molecule has 0 aliphatic heterocycles. The van der Waals surface area contributed by atoms with Crippen molar-refractivity contribution in [1.29, 1.82) is 0 Å². The molecule has 0 atom stereocenters. The van der Waals surface area contributed by atoms with Gasteiger partial charge in [0.15, 0.2) is 11.6 Å². The van der Waals surface area contributed by atoms with E-state index in [-0.39, 0.29) is 11.6 Å². The van der Waals surface area contributed by atoms with Crippen LogP contribution in [0.1, 0.15) is 13.3 Å². The molecule has 0 radical (unpaired) electrons. The zero-order chi connectivity index (χ0) is 11.1. The largest absolute Gasteiger partial charge is 0.488 e. The maximum Gasteiger partial charge on any atom is 0.165 e. The lowest BCUT2D eigenvalue weighted by molar-refractivity contribution is 0.0991. The molecule has 0 bridgehead atoms. The summed E-state index contributed by atoms with van der Waals surface area (Å²) < 4.78 is 24.4. The Labute approximate surface area is 97.5 Å². The van der Waals surface area contributed by atoms with E-state index in [0.29, 0.717) is 19.8 Å². The zero-order valence-electron chi connectivity index (χ0n) is 8.63. The second kappa shape index (κ2) is 6.80. The minimum atomic E-state index is -0.353. The Bertz CT molecular complexity index is 305. The average Bonchev–Trinajstić information content (AvgIpc) is 2.23. The molecule has 0 spiro atoms. The molecular formula is C11H14BrFO2. The number of hydrogen-bond acceptors (Lipinski definition) is 2. The van der Waals surface area contributed by atoms with Gasteiger partial charge in [0.2, 0.25) is 0 Å². The van der Waals surface area contributed by atoms with Crippen LogP contribution in [-0.4, -0.2) is 19.8 Å². The maximum absolute atomic E-state index is 13.2. The highest BCUT2D eigenvalue weighted by Gasteiger charge is 2.03. The van der Waals surface area contributed by atoms with Crippen LogP contribution in [0, 0.1) is 5.82 Å². The highest BCUT2D eigenvalue weighted by atomic mass is 79.9. The van der Waals surface area contributed by atoms with Crippen molar-refractivity contribution in [2.45, 2.75) is 13.3 Å². The summed E-state index contributed by atoms with van der Waals surface area (Å²) in [7, 11) is 0. The molecule has 84 valence electrons. The first-order chi connectivity index (χ1) is 7.24.